The summed E-state index contributed by atoms with van der Waals surface area (Å²) in [6.45, 7) is -0.496. The van der Waals surface area contributed by atoms with Gasteiger partial charge in [0.25, 0.3) is 10.0 Å². The number of nitrogens with one attached hydrogen (secondary N) is 1. The molecule has 4 aromatic rings. The molecule has 246 valence electrons. The number of hydrogen-bond donors (Lipinski definition) is 1. The highest BCUT2D eigenvalue weighted by Gasteiger charge is 2.35. The number of carbonyl (C=O) groups is 2. The fourth-order valence-electron chi connectivity index (χ4n) is 5.95. The van der Waals surface area contributed by atoms with Crippen LogP contribution in [-0.2, 0) is 32.6 Å². The molecular weight excluding hydrogens is 634 g/mol. The molecule has 1 N–H and O–H groups in total. The van der Waals surface area contributed by atoms with Crippen LogP contribution < -0.4 is 14.4 Å². The zero-order chi connectivity index (χ0) is 33.2. The molecule has 10 heteroatoms. The molecule has 0 aromatic heterocycles. The van der Waals surface area contributed by atoms with E-state index in [0.29, 0.717) is 10.8 Å². The fraction of sp³-hybridized carbons (Fsp3) is 0.297. The lowest BCUT2D eigenvalue weighted by Crippen LogP contribution is -2.55. The Morgan fingerprint density at radius 1 is 0.851 bits per heavy atom. The van der Waals surface area contributed by atoms with Gasteiger partial charge in [-0.2, -0.15) is 0 Å². The van der Waals surface area contributed by atoms with Crippen LogP contribution in [0.2, 0.25) is 5.02 Å². The monoisotopic (exact) mass is 673 g/mol. The summed E-state index contributed by atoms with van der Waals surface area (Å²) in [5.74, 6) is -0.197. The average Bonchev–Trinajstić information content (AvgIpc) is 3.10. The summed E-state index contributed by atoms with van der Waals surface area (Å²) in [6.07, 6.45) is 5.21. The highest BCUT2D eigenvalue weighted by molar-refractivity contribution is 7.92. The summed E-state index contributed by atoms with van der Waals surface area (Å²) in [7, 11) is -2.64. The predicted octanol–water partition coefficient (Wildman–Crippen LogP) is 6.63. The molecule has 0 spiro atoms. The SMILES string of the molecule is COc1cccc(CN(C(=O)CN(c2cccc(Cl)c2)S(=O)(=O)c2ccccc2)[C@@H](Cc2ccccc2)C(=O)NC2CCCCC2)c1. The molecule has 0 unspecified atom stereocenters. The number of sulfonamides is 1. The highest BCUT2D eigenvalue weighted by Crippen LogP contribution is 2.28. The van der Waals surface area contributed by atoms with Crippen molar-refractivity contribution < 1.29 is 22.7 Å². The number of halogens is 1. The van der Waals surface area contributed by atoms with Gasteiger partial charge < -0.3 is 15.0 Å². The lowest BCUT2D eigenvalue weighted by Gasteiger charge is -2.35. The second-order valence-electron chi connectivity index (χ2n) is 11.7. The number of methoxy groups -OCH3 is 1. The first-order valence-electron chi connectivity index (χ1n) is 15.8. The van der Waals surface area contributed by atoms with Gasteiger partial charge in [0.2, 0.25) is 11.8 Å². The molecule has 0 heterocycles. The van der Waals surface area contributed by atoms with Crippen LogP contribution in [0.1, 0.15) is 43.2 Å². The van der Waals surface area contributed by atoms with Gasteiger partial charge in [-0.3, -0.25) is 13.9 Å². The van der Waals surface area contributed by atoms with E-state index in [0.717, 1.165) is 47.5 Å². The Bertz CT molecular complexity index is 1750. The van der Waals surface area contributed by atoms with Gasteiger partial charge in [0.05, 0.1) is 17.7 Å². The molecule has 1 atom stereocenters. The van der Waals surface area contributed by atoms with Crippen molar-refractivity contribution in [1.82, 2.24) is 10.2 Å². The minimum absolute atomic E-state index is 0.0183. The Kier molecular flexibility index (Phi) is 11.6. The quantitative estimate of drug-likeness (QED) is 0.172. The van der Waals surface area contributed by atoms with E-state index in [-0.39, 0.29) is 35.5 Å². The van der Waals surface area contributed by atoms with Crippen LogP contribution >= 0.6 is 11.6 Å². The van der Waals surface area contributed by atoms with E-state index in [9.17, 15) is 18.0 Å². The third-order valence-corrected chi connectivity index (χ3v) is 10.4. The molecule has 1 aliphatic carbocycles. The fourth-order valence-corrected chi connectivity index (χ4v) is 7.56. The summed E-state index contributed by atoms with van der Waals surface area (Å²) in [5, 5.41) is 3.55. The van der Waals surface area contributed by atoms with Crippen molar-refractivity contribution in [3.63, 3.8) is 0 Å². The smallest absolute Gasteiger partial charge is 0.264 e. The standard InChI is InChI=1S/C37H40ClN3O5S/c1-46-33-20-11-15-29(23-33)26-40(35(24-28-13-5-2-6-14-28)37(43)39-31-17-7-3-8-18-31)36(42)27-41(32-19-12-16-30(38)25-32)47(44,45)34-21-9-4-10-22-34/h2,4-6,9-16,19-23,25,31,35H,3,7-8,17-18,24,26-27H2,1H3,(H,39,43)/t35-/m0/s1. The molecule has 4 aromatic carbocycles. The van der Waals surface area contributed by atoms with Gasteiger partial charge >= 0.3 is 0 Å². The van der Waals surface area contributed by atoms with E-state index >= 15 is 0 Å². The molecule has 5 rings (SSSR count). The van der Waals surface area contributed by atoms with E-state index in [2.05, 4.69) is 5.32 Å². The maximum atomic E-state index is 14.7. The van der Waals surface area contributed by atoms with Gasteiger partial charge in [-0.15, -0.1) is 0 Å². The minimum Gasteiger partial charge on any atom is -0.497 e. The Hall–Kier alpha value is -4.34. The largest absolute Gasteiger partial charge is 0.497 e. The molecule has 0 saturated heterocycles. The van der Waals surface area contributed by atoms with Crippen LogP contribution in [0.5, 0.6) is 5.75 Å². The van der Waals surface area contributed by atoms with Gasteiger partial charge in [-0.1, -0.05) is 97.6 Å². The molecule has 47 heavy (non-hydrogen) atoms. The lowest BCUT2D eigenvalue weighted by atomic mass is 9.94. The van der Waals surface area contributed by atoms with Gasteiger partial charge in [-0.05, 0) is 66.4 Å². The van der Waals surface area contributed by atoms with E-state index < -0.39 is 28.5 Å². The van der Waals surface area contributed by atoms with Crippen LogP contribution in [0.4, 0.5) is 5.69 Å². The van der Waals surface area contributed by atoms with E-state index in [1.54, 1.807) is 49.6 Å². The first-order chi connectivity index (χ1) is 22.7. The number of ether oxygens (including phenoxy) is 1. The molecule has 2 amide bonds. The maximum Gasteiger partial charge on any atom is 0.264 e. The van der Waals surface area contributed by atoms with Crippen molar-refractivity contribution in [3.05, 3.63) is 125 Å². The number of nitrogens with zero attached hydrogens (tertiary/aromatic N) is 2. The summed E-state index contributed by atoms with van der Waals surface area (Å²) in [5.41, 5.74) is 1.85. The van der Waals surface area contributed by atoms with Crippen molar-refractivity contribution in [1.29, 1.82) is 0 Å². The lowest BCUT2D eigenvalue weighted by molar-refractivity contribution is -0.140. The Balaban J connectivity index is 1.57. The van der Waals surface area contributed by atoms with Crippen molar-refractivity contribution in [2.24, 2.45) is 0 Å². The van der Waals surface area contributed by atoms with Gasteiger partial charge in [0.15, 0.2) is 0 Å². The van der Waals surface area contributed by atoms with E-state index in [4.69, 9.17) is 16.3 Å². The highest BCUT2D eigenvalue weighted by atomic mass is 35.5. The van der Waals surface area contributed by atoms with Crippen molar-refractivity contribution >= 4 is 39.1 Å². The average molecular weight is 674 g/mol. The summed E-state index contributed by atoms with van der Waals surface area (Å²) >= 11 is 6.31. The second-order valence-corrected chi connectivity index (χ2v) is 14.0. The minimum atomic E-state index is -4.20. The first-order valence-corrected chi connectivity index (χ1v) is 17.7. The van der Waals surface area contributed by atoms with Crippen LogP contribution in [0.15, 0.2) is 114 Å². The molecular formula is C37H40ClN3O5S. The topological polar surface area (TPSA) is 96.0 Å². The third-order valence-electron chi connectivity index (χ3n) is 8.42. The molecule has 0 aliphatic heterocycles. The molecule has 8 nitrogen and oxygen atoms in total. The number of hydrogen-bond acceptors (Lipinski definition) is 5. The predicted molar refractivity (Wildman–Crippen MR) is 185 cm³/mol. The first kappa shape index (κ1) is 34.0. The van der Waals surface area contributed by atoms with Gasteiger partial charge in [-0.25, -0.2) is 8.42 Å². The normalized spacial score (nSPS) is 14.2. The molecule has 1 saturated carbocycles. The van der Waals surface area contributed by atoms with Crippen LogP contribution in [-0.4, -0.2) is 50.9 Å². The number of amides is 2. The maximum absolute atomic E-state index is 14.7. The molecule has 1 aliphatic rings. The molecule has 0 radical (unpaired) electrons. The van der Waals surface area contributed by atoms with Gasteiger partial charge in [0.1, 0.15) is 18.3 Å². The molecule has 0 bridgehead atoms. The summed E-state index contributed by atoms with van der Waals surface area (Å²) < 4.78 is 34.7. The zero-order valence-corrected chi connectivity index (χ0v) is 28.0. The third kappa shape index (κ3) is 8.93. The second kappa shape index (κ2) is 16.0. The molecule has 1 fully saturated rings. The summed E-state index contributed by atoms with van der Waals surface area (Å²) in [6, 6.07) is 30.3. The van der Waals surface area contributed by atoms with E-state index in [1.165, 1.54) is 23.1 Å². The Morgan fingerprint density at radius 3 is 2.19 bits per heavy atom. The van der Waals surface area contributed by atoms with Crippen LogP contribution in [0.3, 0.4) is 0 Å². The van der Waals surface area contributed by atoms with Crippen LogP contribution in [0, 0.1) is 0 Å². The van der Waals surface area contributed by atoms with Gasteiger partial charge in [0, 0.05) is 24.0 Å². The zero-order valence-electron chi connectivity index (χ0n) is 26.4. The number of carbonyl (C=O) groups excluding carboxylic acids is 2. The number of rotatable bonds is 13. The Morgan fingerprint density at radius 2 is 1.51 bits per heavy atom. The number of benzene rings is 4. The van der Waals surface area contributed by atoms with Crippen molar-refractivity contribution in [3.8, 4) is 5.75 Å². The van der Waals surface area contributed by atoms with Crippen molar-refractivity contribution in [2.75, 3.05) is 18.0 Å². The Labute approximate surface area is 282 Å². The number of anilines is 1. The van der Waals surface area contributed by atoms with Crippen LogP contribution in [0.25, 0.3) is 0 Å². The summed E-state index contributed by atoms with van der Waals surface area (Å²) in [4.78, 5) is 30.4. The van der Waals surface area contributed by atoms with E-state index in [1.807, 2.05) is 48.5 Å². The van der Waals surface area contributed by atoms with Crippen molar-refractivity contribution in [2.45, 2.75) is 62.0 Å².